The highest BCUT2D eigenvalue weighted by atomic mass is 16.5. The number of carboxylic acid groups (broad SMARTS) is 1. The third-order valence-corrected chi connectivity index (χ3v) is 5.30. The molecule has 7 nitrogen and oxygen atoms in total. The summed E-state index contributed by atoms with van der Waals surface area (Å²) in [6.07, 6.45) is 3.01. The van der Waals surface area contributed by atoms with Crippen LogP contribution in [0.2, 0.25) is 0 Å². The van der Waals surface area contributed by atoms with E-state index in [9.17, 15) is 19.5 Å². The Hall–Kier alpha value is -2.93. The van der Waals surface area contributed by atoms with Crippen molar-refractivity contribution in [3.05, 3.63) is 52.9 Å². The van der Waals surface area contributed by atoms with Crippen molar-refractivity contribution in [1.82, 2.24) is 0 Å². The van der Waals surface area contributed by atoms with Gasteiger partial charge >= 0.3 is 11.6 Å². The van der Waals surface area contributed by atoms with Crippen molar-refractivity contribution >= 4 is 28.5 Å². The van der Waals surface area contributed by atoms with Gasteiger partial charge in [0, 0.05) is 17.1 Å². The summed E-state index contributed by atoms with van der Waals surface area (Å²) in [5.41, 5.74) is -0.254. The van der Waals surface area contributed by atoms with E-state index < -0.39 is 35.1 Å². The van der Waals surface area contributed by atoms with E-state index in [1.54, 1.807) is 35.2 Å². The molecule has 7 heteroatoms. The third kappa shape index (κ3) is 1.81. The van der Waals surface area contributed by atoms with Gasteiger partial charge in [-0.05, 0) is 24.3 Å². The maximum atomic E-state index is 13.0. The lowest BCUT2D eigenvalue weighted by Gasteiger charge is -2.21. The number of ether oxygens (including phenoxy) is 1. The molecule has 2 aromatic rings. The Balaban J connectivity index is 1.57. The van der Waals surface area contributed by atoms with Crippen LogP contribution in [0, 0.1) is 11.8 Å². The molecule has 2 fully saturated rings. The number of amides is 1. The Morgan fingerprint density at radius 2 is 2.08 bits per heavy atom. The van der Waals surface area contributed by atoms with Crippen LogP contribution < -0.4 is 10.5 Å². The van der Waals surface area contributed by atoms with Crippen LogP contribution in [0.5, 0.6) is 0 Å². The maximum Gasteiger partial charge on any atom is 0.336 e. The number of aliphatic carboxylic acids is 1. The van der Waals surface area contributed by atoms with Crippen molar-refractivity contribution in [3.63, 3.8) is 0 Å². The van der Waals surface area contributed by atoms with E-state index >= 15 is 0 Å². The van der Waals surface area contributed by atoms with E-state index in [-0.39, 0.29) is 12.5 Å². The van der Waals surface area contributed by atoms with Gasteiger partial charge in [0.2, 0.25) is 5.91 Å². The van der Waals surface area contributed by atoms with Gasteiger partial charge in [-0.15, -0.1) is 0 Å². The van der Waals surface area contributed by atoms with Gasteiger partial charge in [-0.25, -0.2) is 4.79 Å². The average molecular weight is 339 g/mol. The fourth-order valence-electron chi connectivity index (χ4n) is 4.23. The van der Waals surface area contributed by atoms with Gasteiger partial charge in [0.05, 0.1) is 18.6 Å². The average Bonchev–Trinajstić information content (AvgIpc) is 3.22. The monoisotopic (exact) mass is 339 g/mol. The molecule has 3 aliphatic heterocycles. The van der Waals surface area contributed by atoms with Gasteiger partial charge in [0.25, 0.3) is 0 Å². The Morgan fingerprint density at radius 3 is 2.88 bits per heavy atom. The van der Waals surface area contributed by atoms with E-state index in [1.807, 2.05) is 6.08 Å². The summed E-state index contributed by atoms with van der Waals surface area (Å²) < 4.78 is 11.0. The second kappa shape index (κ2) is 4.58. The smallest absolute Gasteiger partial charge is 0.336 e. The minimum atomic E-state index is -1.02. The van der Waals surface area contributed by atoms with Crippen LogP contribution in [-0.2, 0) is 14.3 Å². The molecule has 2 saturated heterocycles. The highest BCUT2D eigenvalue weighted by Gasteiger charge is 2.67. The number of carboxylic acids is 1. The Labute approximate surface area is 141 Å². The summed E-state index contributed by atoms with van der Waals surface area (Å²) in [7, 11) is 0. The predicted molar refractivity (Wildman–Crippen MR) is 86.2 cm³/mol. The number of hydrogen-bond donors (Lipinski definition) is 1. The first kappa shape index (κ1) is 14.4. The SMILES string of the molecule is O=C(O)[C@@H]1C2C(=O)N(c3ccc4oc(=O)ccc4c3)C[C@@]23C=C[C@@H]1O3. The van der Waals surface area contributed by atoms with Crippen LogP contribution in [0.3, 0.4) is 0 Å². The topological polar surface area (TPSA) is 97.0 Å². The zero-order valence-electron chi connectivity index (χ0n) is 12.9. The first-order chi connectivity index (χ1) is 12.0. The molecule has 4 heterocycles. The molecule has 1 N–H and O–H groups in total. The molecule has 25 heavy (non-hydrogen) atoms. The van der Waals surface area contributed by atoms with Crippen LogP contribution in [0.4, 0.5) is 5.69 Å². The Bertz CT molecular complexity index is 1020. The third-order valence-electron chi connectivity index (χ3n) is 5.30. The van der Waals surface area contributed by atoms with Crippen molar-refractivity contribution in [2.75, 3.05) is 11.4 Å². The van der Waals surface area contributed by atoms with E-state index in [0.29, 0.717) is 16.7 Å². The van der Waals surface area contributed by atoms with E-state index in [4.69, 9.17) is 9.15 Å². The van der Waals surface area contributed by atoms with Gasteiger partial charge in [-0.3, -0.25) is 9.59 Å². The number of carbonyl (C=O) groups is 2. The molecule has 1 spiro atoms. The van der Waals surface area contributed by atoms with Crippen LogP contribution in [0.1, 0.15) is 0 Å². The molecule has 5 rings (SSSR count). The van der Waals surface area contributed by atoms with Gasteiger partial charge in [0.15, 0.2) is 0 Å². The van der Waals surface area contributed by atoms with Gasteiger partial charge < -0.3 is 19.2 Å². The van der Waals surface area contributed by atoms with Gasteiger partial charge in [-0.1, -0.05) is 12.2 Å². The molecule has 126 valence electrons. The minimum Gasteiger partial charge on any atom is -0.481 e. The molecule has 1 aromatic heterocycles. The Morgan fingerprint density at radius 1 is 1.24 bits per heavy atom. The van der Waals surface area contributed by atoms with Crippen molar-refractivity contribution < 1.29 is 23.8 Å². The summed E-state index contributed by atoms with van der Waals surface area (Å²) in [5.74, 6) is -2.85. The number of hydrogen-bond acceptors (Lipinski definition) is 5. The van der Waals surface area contributed by atoms with Gasteiger partial charge in [0.1, 0.15) is 17.1 Å². The standard InChI is InChI=1S/C18H13NO6/c20-13-4-1-9-7-10(2-3-11(9)24-13)19-8-18-6-5-12(25-18)14(17(22)23)15(18)16(19)21/h1-7,12,14-15H,8H2,(H,22,23)/t12-,14-,15?,18-/m0/s1. The largest absolute Gasteiger partial charge is 0.481 e. The molecule has 1 amide bonds. The van der Waals surface area contributed by atoms with E-state index in [1.165, 1.54) is 6.07 Å². The number of nitrogens with zero attached hydrogens (tertiary/aromatic N) is 1. The first-order valence-electron chi connectivity index (χ1n) is 7.94. The lowest BCUT2D eigenvalue weighted by Crippen LogP contribution is -2.39. The number of benzene rings is 1. The molecular formula is C18H13NO6. The fourth-order valence-corrected chi connectivity index (χ4v) is 4.23. The second-order valence-corrected chi connectivity index (χ2v) is 6.64. The number of rotatable bonds is 2. The molecule has 4 atom stereocenters. The van der Waals surface area contributed by atoms with Crippen LogP contribution in [0.25, 0.3) is 11.0 Å². The van der Waals surface area contributed by atoms with Gasteiger partial charge in [-0.2, -0.15) is 0 Å². The molecule has 0 saturated carbocycles. The number of carbonyl (C=O) groups excluding carboxylic acids is 1. The number of anilines is 1. The molecule has 0 aliphatic carbocycles. The summed E-state index contributed by atoms with van der Waals surface area (Å²) in [4.78, 5) is 37.4. The van der Waals surface area contributed by atoms with Crippen LogP contribution in [0.15, 0.2) is 51.7 Å². The lowest BCUT2D eigenvalue weighted by atomic mass is 9.77. The molecule has 3 aliphatic rings. The second-order valence-electron chi connectivity index (χ2n) is 6.64. The lowest BCUT2D eigenvalue weighted by molar-refractivity contribution is -0.146. The molecule has 1 unspecified atom stereocenters. The zero-order valence-corrected chi connectivity index (χ0v) is 12.9. The Kier molecular flexibility index (Phi) is 2.64. The molecule has 1 aromatic carbocycles. The van der Waals surface area contributed by atoms with Crippen LogP contribution in [-0.4, -0.2) is 35.2 Å². The summed E-state index contributed by atoms with van der Waals surface area (Å²) in [6, 6.07) is 8.02. The summed E-state index contributed by atoms with van der Waals surface area (Å²) in [6.45, 7) is 0.273. The fraction of sp³-hybridized carbons (Fsp3) is 0.278. The van der Waals surface area contributed by atoms with E-state index in [0.717, 1.165) is 0 Å². The molecule has 0 radical (unpaired) electrons. The minimum absolute atomic E-state index is 0.254. The molecule has 2 bridgehead atoms. The highest BCUT2D eigenvalue weighted by molar-refractivity contribution is 6.03. The highest BCUT2D eigenvalue weighted by Crippen LogP contribution is 2.52. The van der Waals surface area contributed by atoms with Crippen molar-refractivity contribution in [2.24, 2.45) is 11.8 Å². The maximum absolute atomic E-state index is 13.0. The number of fused-ring (bicyclic) bond motifs is 2. The molecular weight excluding hydrogens is 326 g/mol. The van der Waals surface area contributed by atoms with Crippen molar-refractivity contribution in [3.8, 4) is 0 Å². The predicted octanol–water partition coefficient (Wildman–Crippen LogP) is 1.16. The van der Waals surface area contributed by atoms with Crippen LogP contribution >= 0.6 is 0 Å². The van der Waals surface area contributed by atoms with Crippen molar-refractivity contribution in [2.45, 2.75) is 11.7 Å². The first-order valence-corrected chi connectivity index (χ1v) is 7.94. The van der Waals surface area contributed by atoms with Crippen molar-refractivity contribution in [1.29, 1.82) is 0 Å². The zero-order chi connectivity index (χ0) is 17.3. The van der Waals surface area contributed by atoms with E-state index in [2.05, 4.69) is 0 Å². The normalized spacial score (nSPS) is 32.6. The quantitative estimate of drug-likeness (QED) is 0.651. The summed E-state index contributed by atoms with van der Waals surface area (Å²) >= 11 is 0. The summed E-state index contributed by atoms with van der Waals surface area (Å²) in [5, 5.41) is 10.2.